The Kier molecular flexibility index (Phi) is 5.19. The number of carbonyl (C=O) groups is 2. The monoisotopic (exact) mass is 285 g/mol. The summed E-state index contributed by atoms with van der Waals surface area (Å²) in [6.45, 7) is 9.02. The van der Waals surface area contributed by atoms with Gasteiger partial charge in [-0.1, -0.05) is 27.7 Å². The number of carbonyl (C=O) groups excluding carboxylic acids is 1. The van der Waals surface area contributed by atoms with E-state index in [-0.39, 0.29) is 30.4 Å². The van der Waals surface area contributed by atoms with E-state index in [1.54, 1.807) is 4.90 Å². The van der Waals surface area contributed by atoms with Crippen LogP contribution in [0, 0.1) is 16.7 Å². The maximum atomic E-state index is 12.6. The summed E-state index contributed by atoms with van der Waals surface area (Å²) in [5.74, 6) is -0.964. The normalized spacial score (nSPS) is 25.4. The molecule has 2 unspecified atom stereocenters. The molecule has 0 aromatic heterocycles. The van der Waals surface area contributed by atoms with Crippen molar-refractivity contribution in [2.75, 3.05) is 26.8 Å². The van der Waals surface area contributed by atoms with Crippen LogP contribution in [-0.4, -0.2) is 48.7 Å². The average Bonchev–Trinajstić information content (AvgIpc) is 2.36. The number of ether oxygens (including phenoxy) is 1. The predicted molar refractivity (Wildman–Crippen MR) is 76.4 cm³/mol. The van der Waals surface area contributed by atoms with E-state index in [0.29, 0.717) is 19.4 Å². The van der Waals surface area contributed by atoms with Crippen molar-refractivity contribution in [1.82, 2.24) is 4.90 Å². The summed E-state index contributed by atoms with van der Waals surface area (Å²) in [5.41, 5.74) is -1.08. The first-order valence-corrected chi connectivity index (χ1v) is 7.15. The minimum atomic E-state index is -0.958. The second-order valence-corrected chi connectivity index (χ2v) is 6.97. The van der Waals surface area contributed by atoms with Gasteiger partial charge in [0.15, 0.2) is 0 Å². The Balaban J connectivity index is 2.88. The molecule has 0 spiro atoms. The smallest absolute Gasteiger partial charge is 0.313 e. The number of carboxylic acid groups (broad SMARTS) is 1. The van der Waals surface area contributed by atoms with Crippen LogP contribution in [-0.2, 0) is 14.3 Å². The molecule has 1 aliphatic heterocycles. The summed E-state index contributed by atoms with van der Waals surface area (Å²) in [6.07, 6.45) is 1.27. The van der Waals surface area contributed by atoms with Crippen LogP contribution in [0.15, 0.2) is 0 Å². The van der Waals surface area contributed by atoms with Crippen LogP contribution in [0.3, 0.4) is 0 Å². The number of likely N-dealkylation sites (tertiary alicyclic amines) is 1. The van der Waals surface area contributed by atoms with Gasteiger partial charge in [-0.3, -0.25) is 9.59 Å². The number of piperidine rings is 1. The third-order valence-corrected chi connectivity index (χ3v) is 4.43. The molecule has 2 atom stereocenters. The highest BCUT2D eigenvalue weighted by molar-refractivity contribution is 5.81. The lowest BCUT2D eigenvalue weighted by atomic mass is 9.78. The molecule has 20 heavy (non-hydrogen) atoms. The van der Waals surface area contributed by atoms with Gasteiger partial charge in [-0.2, -0.15) is 0 Å². The Labute approximate surface area is 121 Å². The molecule has 1 N–H and O–H groups in total. The maximum absolute atomic E-state index is 12.6. The SMILES string of the molecule is COCC1(C(=O)O)CCCN(C(=O)C(C)C(C)(C)C)C1. The number of amides is 1. The number of carboxylic acids is 1. The topological polar surface area (TPSA) is 66.8 Å². The average molecular weight is 285 g/mol. The van der Waals surface area contributed by atoms with E-state index in [4.69, 9.17) is 4.74 Å². The molecule has 5 heteroatoms. The minimum absolute atomic E-state index is 0.0407. The van der Waals surface area contributed by atoms with E-state index in [9.17, 15) is 14.7 Å². The largest absolute Gasteiger partial charge is 0.481 e. The molecule has 0 aromatic rings. The van der Waals surface area contributed by atoms with E-state index >= 15 is 0 Å². The third-order valence-electron chi connectivity index (χ3n) is 4.43. The standard InChI is InChI=1S/C15H27NO4/c1-11(14(2,3)4)12(17)16-8-6-7-15(9-16,10-20-5)13(18)19/h11H,6-10H2,1-5H3,(H,18,19). The quantitative estimate of drug-likeness (QED) is 0.858. The zero-order chi connectivity index (χ0) is 15.6. The van der Waals surface area contributed by atoms with E-state index in [2.05, 4.69) is 0 Å². The van der Waals surface area contributed by atoms with Crippen LogP contribution in [0.2, 0.25) is 0 Å². The van der Waals surface area contributed by atoms with Gasteiger partial charge in [-0.15, -0.1) is 0 Å². The molecule has 0 saturated carbocycles. The van der Waals surface area contributed by atoms with Crippen molar-refractivity contribution in [3.63, 3.8) is 0 Å². The summed E-state index contributed by atoms with van der Waals surface area (Å²) in [6, 6.07) is 0. The van der Waals surface area contributed by atoms with Crippen molar-refractivity contribution in [2.45, 2.75) is 40.5 Å². The molecule has 5 nitrogen and oxygen atoms in total. The highest BCUT2D eigenvalue weighted by Gasteiger charge is 2.45. The van der Waals surface area contributed by atoms with E-state index in [1.807, 2.05) is 27.7 Å². The number of aliphatic carboxylic acids is 1. The Morgan fingerprint density at radius 1 is 1.40 bits per heavy atom. The fourth-order valence-corrected chi connectivity index (χ4v) is 2.59. The first kappa shape index (κ1) is 17.0. The first-order chi connectivity index (χ1) is 9.14. The van der Waals surface area contributed by atoms with Crippen LogP contribution in [0.25, 0.3) is 0 Å². The van der Waals surface area contributed by atoms with E-state index in [0.717, 1.165) is 0 Å². The number of hydrogen-bond acceptors (Lipinski definition) is 3. The lowest BCUT2D eigenvalue weighted by Gasteiger charge is -2.41. The predicted octanol–water partition coefficient (Wildman–Crippen LogP) is 2.01. The Morgan fingerprint density at radius 3 is 2.45 bits per heavy atom. The molecule has 0 aromatic carbocycles. The lowest BCUT2D eigenvalue weighted by Crippen LogP contribution is -2.54. The van der Waals surface area contributed by atoms with Gasteiger partial charge in [0.2, 0.25) is 5.91 Å². The van der Waals surface area contributed by atoms with Gasteiger partial charge >= 0.3 is 5.97 Å². The first-order valence-electron chi connectivity index (χ1n) is 7.15. The molecule has 1 aliphatic rings. The Morgan fingerprint density at radius 2 is 2.00 bits per heavy atom. The molecule has 0 aliphatic carbocycles. The summed E-state index contributed by atoms with van der Waals surface area (Å²) in [7, 11) is 1.50. The molecule has 116 valence electrons. The van der Waals surface area contributed by atoms with Gasteiger partial charge in [-0.05, 0) is 18.3 Å². The molecule has 1 heterocycles. The van der Waals surface area contributed by atoms with Gasteiger partial charge in [0.25, 0.3) is 0 Å². The van der Waals surface area contributed by atoms with Crippen LogP contribution in [0.5, 0.6) is 0 Å². The van der Waals surface area contributed by atoms with E-state index < -0.39 is 11.4 Å². The molecule has 1 amide bonds. The second-order valence-electron chi connectivity index (χ2n) is 6.97. The van der Waals surface area contributed by atoms with Crippen LogP contribution in [0.4, 0.5) is 0 Å². The zero-order valence-corrected chi connectivity index (χ0v) is 13.2. The van der Waals surface area contributed by atoms with Gasteiger partial charge < -0.3 is 14.7 Å². The summed E-state index contributed by atoms with van der Waals surface area (Å²) < 4.78 is 5.08. The Hall–Kier alpha value is -1.10. The molecular weight excluding hydrogens is 258 g/mol. The van der Waals surface area contributed by atoms with Crippen molar-refractivity contribution >= 4 is 11.9 Å². The highest BCUT2D eigenvalue weighted by atomic mass is 16.5. The van der Waals surface area contributed by atoms with Crippen LogP contribution in [0.1, 0.15) is 40.5 Å². The molecule has 0 radical (unpaired) electrons. The van der Waals surface area contributed by atoms with Crippen molar-refractivity contribution in [2.24, 2.45) is 16.7 Å². The maximum Gasteiger partial charge on any atom is 0.313 e. The zero-order valence-electron chi connectivity index (χ0n) is 13.2. The third kappa shape index (κ3) is 3.51. The fourth-order valence-electron chi connectivity index (χ4n) is 2.59. The highest BCUT2D eigenvalue weighted by Crippen LogP contribution is 2.34. The van der Waals surface area contributed by atoms with E-state index in [1.165, 1.54) is 7.11 Å². The summed E-state index contributed by atoms with van der Waals surface area (Å²) >= 11 is 0. The van der Waals surface area contributed by atoms with Crippen molar-refractivity contribution in [3.05, 3.63) is 0 Å². The van der Waals surface area contributed by atoms with Gasteiger partial charge in [0, 0.05) is 26.1 Å². The van der Waals surface area contributed by atoms with Gasteiger partial charge in [-0.25, -0.2) is 0 Å². The second kappa shape index (κ2) is 6.12. The van der Waals surface area contributed by atoms with Crippen molar-refractivity contribution < 1.29 is 19.4 Å². The van der Waals surface area contributed by atoms with Crippen molar-refractivity contribution in [1.29, 1.82) is 0 Å². The van der Waals surface area contributed by atoms with Gasteiger partial charge in [0.05, 0.1) is 6.61 Å². The van der Waals surface area contributed by atoms with Crippen LogP contribution < -0.4 is 0 Å². The number of hydrogen-bond donors (Lipinski definition) is 1. The minimum Gasteiger partial charge on any atom is -0.481 e. The summed E-state index contributed by atoms with van der Waals surface area (Å²) in [4.78, 5) is 25.8. The van der Waals surface area contributed by atoms with Crippen molar-refractivity contribution in [3.8, 4) is 0 Å². The van der Waals surface area contributed by atoms with Crippen LogP contribution >= 0.6 is 0 Å². The molecule has 1 fully saturated rings. The summed E-state index contributed by atoms with van der Waals surface area (Å²) in [5, 5.41) is 9.50. The number of rotatable bonds is 4. The molecule has 1 rings (SSSR count). The lowest BCUT2D eigenvalue weighted by molar-refractivity contribution is -0.160. The number of nitrogens with zero attached hydrogens (tertiary/aromatic N) is 1. The van der Waals surface area contributed by atoms with Gasteiger partial charge in [0.1, 0.15) is 5.41 Å². The Bertz CT molecular complexity index is 371. The molecular formula is C15H27NO4. The number of methoxy groups -OCH3 is 1. The molecule has 1 saturated heterocycles. The fraction of sp³-hybridized carbons (Fsp3) is 0.867. The molecule has 0 bridgehead atoms.